The van der Waals surface area contributed by atoms with Gasteiger partial charge in [-0.3, -0.25) is 4.90 Å². The Hall–Kier alpha value is -1.09. The summed E-state index contributed by atoms with van der Waals surface area (Å²) in [5, 5.41) is 3.37. The minimum Gasteiger partial charge on any atom is -0.370 e. The Morgan fingerprint density at radius 3 is 2.67 bits per heavy atom. The van der Waals surface area contributed by atoms with Crippen molar-refractivity contribution in [1.29, 1.82) is 0 Å². The molecule has 0 aromatic carbocycles. The number of nitrogens with zero attached hydrogens (tertiary/aromatic N) is 2. The van der Waals surface area contributed by atoms with E-state index in [1.165, 1.54) is 37.7 Å². The zero-order valence-corrected chi connectivity index (χ0v) is 13.9. The summed E-state index contributed by atoms with van der Waals surface area (Å²) < 4.78 is 0. The van der Waals surface area contributed by atoms with Crippen LogP contribution in [0.4, 0.5) is 5.82 Å². The Balaban J connectivity index is 1.86. The average Bonchev–Trinajstić information content (AvgIpc) is 2.53. The molecule has 0 aliphatic heterocycles. The molecule has 1 aromatic rings. The average molecular weight is 289 g/mol. The van der Waals surface area contributed by atoms with Crippen LogP contribution in [0, 0.1) is 5.92 Å². The van der Waals surface area contributed by atoms with Crippen LogP contribution < -0.4 is 5.32 Å². The van der Waals surface area contributed by atoms with Crippen molar-refractivity contribution in [1.82, 2.24) is 9.88 Å². The van der Waals surface area contributed by atoms with E-state index in [-0.39, 0.29) is 0 Å². The van der Waals surface area contributed by atoms with Gasteiger partial charge in [0, 0.05) is 25.3 Å². The lowest BCUT2D eigenvalue weighted by Crippen LogP contribution is -2.34. The summed E-state index contributed by atoms with van der Waals surface area (Å²) in [7, 11) is 2.27. The number of hydrogen-bond acceptors (Lipinski definition) is 3. The quantitative estimate of drug-likeness (QED) is 0.811. The zero-order valence-electron chi connectivity index (χ0n) is 13.9. The van der Waals surface area contributed by atoms with E-state index < -0.39 is 0 Å². The van der Waals surface area contributed by atoms with Crippen LogP contribution in [0.3, 0.4) is 0 Å². The van der Waals surface area contributed by atoms with Gasteiger partial charge in [-0.2, -0.15) is 0 Å². The summed E-state index contributed by atoms with van der Waals surface area (Å²) in [5.74, 6) is 1.98. The number of aromatic nitrogens is 1. The maximum Gasteiger partial charge on any atom is 0.126 e. The number of rotatable bonds is 7. The lowest BCUT2D eigenvalue weighted by atomic mass is 9.84. The second-order valence-corrected chi connectivity index (χ2v) is 6.47. The number of nitrogens with one attached hydrogen (secondary N) is 1. The van der Waals surface area contributed by atoms with Crippen LogP contribution in [0.1, 0.15) is 57.9 Å². The number of pyridine rings is 1. The van der Waals surface area contributed by atoms with Crippen molar-refractivity contribution in [3.05, 3.63) is 23.9 Å². The van der Waals surface area contributed by atoms with E-state index in [9.17, 15) is 0 Å². The van der Waals surface area contributed by atoms with Gasteiger partial charge in [0.1, 0.15) is 5.82 Å². The molecule has 1 saturated carbocycles. The van der Waals surface area contributed by atoms with Gasteiger partial charge in [-0.15, -0.1) is 0 Å². The third kappa shape index (κ3) is 4.99. The highest BCUT2D eigenvalue weighted by atomic mass is 15.1. The normalized spacial score (nSPS) is 22.5. The summed E-state index contributed by atoms with van der Waals surface area (Å²) in [6.07, 6.45) is 9.95. The Morgan fingerprint density at radius 1 is 1.24 bits per heavy atom. The number of hydrogen-bond donors (Lipinski definition) is 1. The molecule has 0 radical (unpaired) electrons. The molecule has 0 atom stereocenters. The Kier molecular flexibility index (Phi) is 6.50. The summed E-state index contributed by atoms with van der Waals surface area (Å²) in [5.41, 5.74) is 1.36. The lowest BCUT2D eigenvalue weighted by Gasteiger charge is -2.34. The Morgan fingerprint density at radius 2 is 2.00 bits per heavy atom. The Labute approximate surface area is 130 Å². The first-order chi connectivity index (χ1) is 10.2. The van der Waals surface area contributed by atoms with Gasteiger partial charge in [-0.1, -0.05) is 20.3 Å². The highest BCUT2D eigenvalue weighted by Gasteiger charge is 2.22. The fourth-order valence-electron chi connectivity index (χ4n) is 3.33. The SMILES string of the molecule is CCCNc1cc(CN(C)C2CCC(CC)CC2)ccn1. The van der Waals surface area contributed by atoms with E-state index in [1.807, 2.05) is 6.20 Å². The van der Waals surface area contributed by atoms with Crippen LogP contribution in [-0.2, 0) is 6.54 Å². The van der Waals surface area contributed by atoms with Crippen LogP contribution in [0.2, 0.25) is 0 Å². The van der Waals surface area contributed by atoms with Gasteiger partial charge in [0.05, 0.1) is 0 Å². The minimum atomic E-state index is 0.757. The Bertz CT molecular complexity index is 411. The molecule has 0 unspecified atom stereocenters. The van der Waals surface area contributed by atoms with Gasteiger partial charge in [-0.05, 0) is 62.8 Å². The highest BCUT2D eigenvalue weighted by Crippen LogP contribution is 2.29. The molecule has 1 heterocycles. The third-order valence-electron chi connectivity index (χ3n) is 4.83. The van der Waals surface area contributed by atoms with Crippen LogP contribution in [-0.4, -0.2) is 29.5 Å². The predicted molar refractivity (Wildman–Crippen MR) is 90.5 cm³/mol. The molecule has 0 bridgehead atoms. The topological polar surface area (TPSA) is 28.2 Å². The van der Waals surface area contributed by atoms with Gasteiger partial charge in [0.15, 0.2) is 0 Å². The van der Waals surface area contributed by atoms with Crippen molar-refractivity contribution < 1.29 is 0 Å². The first kappa shape index (κ1) is 16.3. The fourth-order valence-corrected chi connectivity index (χ4v) is 3.33. The summed E-state index contributed by atoms with van der Waals surface area (Å²) >= 11 is 0. The molecule has 1 aliphatic carbocycles. The van der Waals surface area contributed by atoms with E-state index in [4.69, 9.17) is 0 Å². The lowest BCUT2D eigenvalue weighted by molar-refractivity contribution is 0.157. The predicted octanol–water partition coefficient (Wildman–Crippen LogP) is 4.30. The van der Waals surface area contributed by atoms with Gasteiger partial charge in [0.2, 0.25) is 0 Å². The monoisotopic (exact) mass is 289 g/mol. The summed E-state index contributed by atoms with van der Waals surface area (Å²) in [6, 6.07) is 5.10. The zero-order chi connectivity index (χ0) is 15.1. The molecule has 3 heteroatoms. The molecule has 118 valence electrons. The molecular weight excluding hydrogens is 258 g/mol. The molecular formula is C18H31N3. The molecule has 1 aromatic heterocycles. The summed E-state index contributed by atoms with van der Waals surface area (Å²) in [4.78, 5) is 6.92. The second kappa shape index (κ2) is 8.38. The summed E-state index contributed by atoms with van der Waals surface area (Å²) in [6.45, 7) is 6.53. The molecule has 2 rings (SSSR count). The fraction of sp³-hybridized carbons (Fsp3) is 0.722. The molecule has 0 saturated heterocycles. The standard InChI is InChI=1S/C18H31N3/c1-4-11-19-18-13-16(10-12-20-18)14-21(3)17-8-6-15(5-2)7-9-17/h10,12-13,15,17H,4-9,11,14H2,1-3H3,(H,19,20). The van der Waals surface area contributed by atoms with E-state index >= 15 is 0 Å². The number of anilines is 1. The van der Waals surface area contributed by atoms with Crippen LogP contribution in [0.25, 0.3) is 0 Å². The maximum atomic E-state index is 4.39. The van der Waals surface area contributed by atoms with Crippen LogP contribution in [0.5, 0.6) is 0 Å². The maximum absolute atomic E-state index is 4.39. The van der Waals surface area contributed by atoms with Crippen LogP contribution >= 0.6 is 0 Å². The van der Waals surface area contributed by atoms with Crippen molar-refractivity contribution in [3.63, 3.8) is 0 Å². The van der Waals surface area contributed by atoms with E-state index in [0.717, 1.165) is 37.3 Å². The first-order valence-corrected chi connectivity index (χ1v) is 8.62. The van der Waals surface area contributed by atoms with Gasteiger partial charge < -0.3 is 5.32 Å². The van der Waals surface area contributed by atoms with Gasteiger partial charge in [0.25, 0.3) is 0 Å². The largest absolute Gasteiger partial charge is 0.370 e. The molecule has 1 N–H and O–H groups in total. The third-order valence-corrected chi connectivity index (χ3v) is 4.83. The van der Waals surface area contributed by atoms with Crippen molar-refractivity contribution in [2.45, 2.75) is 65.0 Å². The van der Waals surface area contributed by atoms with Crippen molar-refractivity contribution in [2.24, 2.45) is 5.92 Å². The van der Waals surface area contributed by atoms with Gasteiger partial charge in [-0.25, -0.2) is 4.98 Å². The van der Waals surface area contributed by atoms with Crippen molar-refractivity contribution in [2.75, 3.05) is 18.9 Å². The first-order valence-electron chi connectivity index (χ1n) is 8.62. The van der Waals surface area contributed by atoms with E-state index in [1.54, 1.807) is 0 Å². The molecule has 21 heavy (non-hydrogen) atoms. The molecule has 1 fully saturated rings. The van der Waals surface area contributed by atoms with Crippen molar-refractivity contribution in [3.8, 4) is 0 Å². The van der Waals surface area contributed by atoms with Gasteiger partial charge >= 0.3 is 0 Å². The smallest absolute Gasteiger partial charge is 0.126 e. The van der Waals surface area contributed by atoms with E-state index in [0.29, 0.717) is 0 Å². The molecule has 1 aliphatic rings. The van der Waals surface area contributed by atoms with Crippen LogP contribution in [0.15, 0.2) is 18.3 Å². The molecule has 0 spiro atoms. The van der Waals surface area contributed by atoms with Crippen molar-refractivity contribution >= 4 is 5.82 Å². The minimum absolute atomic E-state index is 0.757. The second-order valence-electron chi connectivity index (χ2n) is 6.47. The highest BCUT2D eigenvalue weighted by molar-refractivity contribution is 5.37. The molecule has 3 nitrogen and oxygen atoms in total. The van der Waals surface area contributed by atoms with E-state index in [2.05, 4.69) is 48.2 Å². The molecule has 0 amide bonds.